The zero-order valence-electron chi connectivity index (χ0n) is 12.4. The highest BCUT2D eigenvalue weighted by Crippen LogP contribution is 2.16. The van der Waals surface area contributed by atoms with Crippen molar-refractivity contribution >= 4 is 29.0 Å². The van der Waals surface area contributed by atoms with Crippen LogP contribution in [0.15, 0.2) is 42.7 Å². The predicted octanol–water partition coefficient (Wildman–Crippen LogP) is 3.57. The average molecular weight is 329 g/mol. The monoisotopic (exact) mass is 329 g/mol. The molecular formula is C17H13F2N3O2. The van der Waals surface area contributed by atoms with E-state index >= 15 is 0 Å². The first-order valence-electron chi connectivity index (χ1n) is 7.14. The lowest BCUT2D eigenvalue weighted by atomic mass is 10.1. The van der Waals surface area contributed by atoms with Crippen molar-refractivity contribution in [1.29, 1.82) is 0 Å². The molecular weight excluding hydrogens is 316 g/mol. The van der Waals surface area contributed by atoms with E-state index < -0.39 is 18.9 Å². The van der Waals surface area contributed by atoms with Gasteiger partial charge in [-0.05, 0) is 36.4 Å². The Morgan fingerprint density at radius 2 is 2.08 bits per heavy atom. The molecule has 0 aliphatic rings. The van der Waals surface area contributed by atoms with Crippen LogP contribution >= 0.6 is 0 Å². The van der Waals surface area contributed by atoms with E-state index in [1.807, 2.05) is 0 Å². The maximum atomic E-state index is 12.3. The van der Waals surface area contributed by atoms with Gasteiger partial charge in [-0.25, -0.2) is 18.6 Å². The van der Waals surface area contributed by atoms with Crippen LogP contribution in [0, 0.1) is 0 Å². The van der Waals surface area contributed by atoms with Crippen molar-refractivity contribution in [2.45, 2.75) is 13.0 Å². The van der Waals surface area contributed by atoms with Gasteiger partial charge in [-0.3, -0.25) is 4.68 Å². The summed E-state index contributed by atoms with van der Waals surface area (Å²) in [6.07, 6.45) is 4.06. The summed E-state index contributed by atoms with van der Waals surface area (Å²) < 4.78 is 25.7. The third-order valence-corrected chi connectivity index (χ3v) is 3.38. The van der Waals surface area contributed by atoms with Crippen molar-refractivity contribution in [1.82, 2.24) is 14.8 Å². The first-order valence-corrected chi connectivity index (χ1v) is 7.14. The number of hydrogen-bond donors (Lipinski definition) is 1. The number of aromatic nitrogens is 3. The highest BCUT2D eigenvalue weighted by atomic mass is 19.3. The summed E-state index contributed by atoms with van der Waals surface area (Å²) in [5.74, 6) is -0.985. The molecule has 7 heteroatoms. The molecule has 0 spiro atoms. The molecule has 3 aromatic rings. The fraction of sp³-hybridized carbons (Fsp3) is 0.118. The van der Waals surface area contributed by atoms with Crippen LogP contribution in [0.4, 0.5) is 8.78 Å². The third-order valence-electron chi connectivity index (χ3n) is 3.38. The first kappa shape index (κ1) is 15.8. The Morgan fingerprint density at radius 3 is 2.83 bits per heavy atom. The summed E-state index contributed by atoms with van der Waals surface area (Å²) in [4.78, 5) is 15.4. The Morgan fingerprint density at radius 1 is 1.25 bits per heavy atom. The summed E-state index contributed by atoms with van der Waals surface area (Å²) in [5, 5.41) is 13.6. The van der Waals surface area contributed by atoms with E-state index in [0.717, 1.165) is 5.39 Å². The largest absolute Gasteiger partial charge is 0.478 e. The van der Waals surface area contributed by atoms with Gasteiger partial charge >= 0.3 is 5.97 Å². The van der Waals surface area contributed by atoms with E-state index in [1.165, 1.54) is 23.1 Å². The van der Waals surface area contributed by atoms with Gasteiger partial charge in [0.15, 0.2) is 0 Å². The van der Waals surface area contributed by atoms with Gasteiger partial charge in [-0.1, -0.05) is 6.07 Å². The zero-order chi connectivity index (χ0) is 17.1. The Bertz CT molecular complexity index is 919. The number of carboxylic acid groups (broad SMARTS) is 1. The normalized spacial score (nSPS) is 11.6. The maximum absolute atomic E-state index is 12.3. The Labute approximate surface area is 135 Å². The van der Waals surface area contributed by atoms with Gasteiger partial charge in [-0.15, -0.1) is 0 Å². The van der Waals surface area contributed by atoms with Crippen molar-refractivity contribution in [3.8, 4) is 0 Å². The molecule has 5 nitrogen and oxygen atoms in total. The number of fused-ring (bicyclic) bond motifs is 1. The van der Waals surface area contributed by atoms with E-state index in [-0.39, 0.29) is 5.56 Å². The van der Waals surface area contributed by atoms with Crippen LogP contribution in [-0.2, 0) is 6.54 Å². The van der Waals surface area contributed by atoms with Gasteiger partial charge in [-0.2, -0.15) is 5.10 Å². The number of rotatable bonds is 5. The maximum Gasteiger partial charge on any atom is 0.335 e. The summed E-state index contributed by atoms with van der Waals surface area (Å²) in [5.41, 5.74) is 2.25. The molecule has 0 saturated heterocycles. The number of nitrogens with zero attached hydrogens (tertiary/aromatic N) is 3. The van der Waals surface area contributed by atoms with E-state index in [4.69, 9.17) is 5.11 Å². The summed E-state index contributed by atoms with van der Waals surface area (Å²) >= 11 is 0. The quantitative estimate of drug-likeness (QED) is 0.777. The summed E-state index contributed by atoms with van der Waals surface area (Å²) in [6, 6.07) is 8.26. The second-order valence-electron chi connectivity index (χ2n) is 5.17. The molecule has 0 unspecified atom stereocenters. The van der Waals surface area contributed by atoms with Crippen LogP contribution in [0.3, 0.4) is 0 Å². The van der Waals surface area contributed by atoms with Crippen LogP contribution in [0.5, 0.6) is 0 Å². The summed E-state index contributed by atoms with van der Waals surface area (Å²) in [7, 11) is 0. The van der Waals surface area contributed by atoms with E-state index in [0.29, 0.717) is 16.8 Å². The number of benzene rings is 1. The molecule has 0 radical (unpaired) electrons. The molecule has 0 amide bonds. The molecule has 0 atom stereocenters. The van der Waals surface area contributed by atoms with Crippen molar-refractivity contribution in [2.24, 2.45) is 0 Å². The van der Waals surface area contributed by atoms with E-state index in [2.05, 4.69) is 10.1 Å². The fourth-order valence-corrected chi connectivity index (χ4v) is 2.26. The molecule has 122 valence electrons. The Balaban J connectivity index is 1.80. The minimum absolute atomic E-state index is 0.207. The van der Waals surface area contributed by atoms with Crippen LogP contribution in [0.2, 0.25) is 0 Å². The van der Waals surface area contributed by atoms with Crippen molar-refractivity contribution < 1.29 is 18.7 Å². The first-order chi connectivity index (χ1) is 11.5. The molecule has 0 aliphatic carbocycles. The lowest BCUT2D eigenvalue weighted by Crippen LogP contribution is -2.06. The van der Waals surface area contributed by atoms with Gasteiger partial charge in [0.2, 0.25) is 0 Å². The van der Waals surface area contributed by atoms with Crippen LogP contribution in [-0.4, -0.2) is 32.3 Å². The minimum Gasteiger partial charge on any atom is -0.478 e. The molecule has 0 saturated carbocycles. The fourth-order valence-electron chi connectivity index (χ4n) is 2.26. The third kappa shape index (κ3) is 3.62. The zero-order valence-corrected chi connectivity index (χ0v) is 12.4. The standard InChI is InChI=1S/C17H13F2N3O2/c18-16(19)10-22-9-11(8-20-22)1-4-14-5-2-12-7-13(17(23)24)3-6-15(12)21-14/h1-9,16H,10H2,(H,23,24)/b4-1+. The van der Waals surface area contributed by atoms with Crippen LogP contribution in [0.25, 0.3) is 23.1 Å². The molecule has 2 aromatic heterocycles. The topological polar surface area (TPSA) is 68.0 Å². The SMILES string of the molecule is O=C(O)c1ccc2nc(/C=C/c3cnn(CC(F)F)c3)ccc2c1. The van der Waals surface area contributed by atoms with E-state index in [1.54, 1.807) is 36.4 Å². The van der Waals surface area contributed by atoms with Crippen molar-refractivity contribution in [3.63, 3.8) is 0 Å². The molecule has 3 rings (SSSR count). The highest BCUT2D eigenvalue weighted by Gasteiger charge is 2.05. The molecule has 24 heavy (non-hydrogen) atoms. The predicted molar refractivity (Wildman–Crippen MR) is 85.9 cm³/mol. The van der Waals surface area contributed by atoms with Gasteiger partial charge in [0, 0.05) is 17.1 Å². The van der Waals surface area contributed by atoms with Crippen LogP contribution < -0.4 is 0 Å². The molecule has 2 heterocycles. The van der Waals surface area contributed by atoms with Gasteiger partial charge in [0.05, 0.1) is 23.0 Å². The van der Waals surface area contributed by atoms with Gasteiger partial charge in [0.1, 0.15) is 6.54 Å². The molecule has 1 N–H and O–H groups in total. The lowest BCUT2D eigenvalue weighted by Gasteiger charge is -2.01. The molecule has 0 bridgehead atoms. The molecule has 0 aliphatic heterocycles. The van der Waals surface area contributed by atoms with Crippen LogP contribution in [0.1, 0.15) is 21.6 Å². The summed E-state index contributed by atoms with van der Waals surface area (Å²) in [6.45, 7) is -0.437. The minimum atomic E-state index is -2.44. The number of pyridine rings is 1. The number of carbonyl (C=O) groups is 1. The van der Waals surface area contributed by atoms with E-state index in [9.17, 15) is 13.6 Å². The lowest BCUT2D eigenvalue weighted by molar-refractivity contribution is 0.0697. The average Bonchev–Trinajstić information content (AvgIpc) is 2.98. The smallest absolute Gasteiger partial charge is 0.335 e. The van der Waals surface area contributed by atoms with Crippen molar-refractivity contribution in [3.05, 3.63) is 59.5 Å². The number of carboxylic acids is 1. The van der Waals surface area contributed by atoms with Gasteiger partial charge in [0.25, 0.3) is 6.43 Å². The number of halogens is 2. The van der Waals surface area contributed by atoms with Gasteiger partial charge < -0.3 is 5.11 Å². The number of alkyl halides is 2. The Kier molecular flexibility index (Phi) is 4.33. The molecule has 0 fully saturated rings. The number of hydrogen-bond acceptors (Lipinski definition) is 3. The second-order valence-corrected chi connectivity index (χ2v) is 5.17. The van der Waals surface area contributed by atoms with Crippen molar-refractivity contribution in [2.75, 3.05) is 0 Å². The Hall–Kier alpha value is -3.09. The number of aromatic carboxylic acids is 1. The molecule has 1 aromatic carbocycles. The highest BCUT2D eigenvalue weighted by molar-refractivity contribution is 5.93. The second kappa shape index (κ2) is 6.57.